The van der Waals surface area contributed by atoms with Crippen molar-refractivity contribution in [2.75, 3.05) is 31.7 Å². The minimum atomic E-state index is -0.489. The van der Waals surface area contributed by atoms with E-state index in [0.717, 1.165) is 5.75 Å². The Balaban J connectivity index is 0.00000242. The number of benzene rings is 1. The molecule has 0 saturated carbocycles. The van der Waals surface area contributed by atoms with E-state index < -0.39 is 12.1 Å². The van der Waals surface area contributed by atoms with Crippen molar-refractivity contribution in [1.82, 2.24) is 4.90 Å². The van der Waals surface area contributed by atoms with Crippen LogP contribution in [-0.4, -0.2) is 48.6 Å². The highest BCUT2D eigenvalue weighted by Gasteiger charge is 2.29. The van der Waals surface area contributed by atoms with Crippen LogP contribution in [0, 0.1) is 5.82 Å². The van der Waals surface area contributed by atoms with Gasteiger partial charge < -0.3 is 15.4 Å². The molecular weight excluding hydrogens is 327 g/mol. The summed E-state index contributed by atoms with van der Waals surface area (Å²) in [5, 5.41) is 0. The van der Waals surface area contributed by atoms with Crippen molar-refractivity contribution in [1.29, 1.82) is 0 Å². The second-order valence-electron chi connectivity index (χ2n) is 5.05. The standard InChI is InChI=1S/C15H21FN2O2S.ClH/c1-21-9-6-13(17)15(19)18-7-8-20-14(10-18)11-4-2-3-5-12(11)16;/h2-5,13-14H,6-10,17H2,1H3;1H/t13-,14?;/m0./s1. The summed E-state index contributed by atoms with van der Waals surface area (Å²) in [6.45, 7) is 1.27. The lowest BCUT2D eigenvalue weighted by Gasteiger charge is -2.34. The number of carbonyl (C=O) groups is 1. The molecule has 0 bridgehead atoms. The molecule has 1 aliphatic rings. The van der Waals surface area contributed by atoms with E-state index in [0.29, 0.717) is 31.7 Å². The van der Waals surface area contributed by atoms with Gasteiger partial charge >= 0.3 is 0 Å². The average Bonchev–Trinajstić information content (AvgIpc) is 2.52. The Hall–Kier alpha value is -0.820. The van der Waals surface area contributed by atoms with E-state index in [1.807, 2.05) is 6.26 Å². The first-order valence-corrected chi connectivity index (χ1v) is 8.42. The summed E-state index contributed by atoms with van der Waals surface area (Å²) in [5.41, 5.74) is 6.42. The van der Waals surface area contributed by atoms with Crippen LogP contribution in [0.4, 0.5) is 4.39 Å². The van der Waals surface area contributed by atoms with Crippen LogP contribution in [0.15, 0.2) is 24.3 Å². The highest BCUT2D eigenvalue weighted by molar-refractivity contribution is 7.98. The largest absolute Gasteiger partial charge is 0.370 e. The van der Waals surface area contributed by atoms with E-state index in [2.05, 4.69) is 0 Å². The summed E-state index contributed by atoms with van der Waals surface area (Å²) in [7, 11) is 0. The van der Waals surface area contributed by atoms with E-state index in [-0.39, 0.29) is 24.1 Å². The minimum absolute atomic E-state index is 0. The minimum Gasteiger partial charge on any atom is -0.370 e. The number of nitrogens with zero attached hydrogens (tertiary/aromatic N) is 1. The normalized spacial score (nSPS) is 19.4. The van der Waals surface area contributed by atoms with Crippen molar-refractivity contribution in [3.8, 4) is 0 Å². The Labute approximate surface area is 141 Å². The van der Waals surface area contributed by atoms with Crippen molar-refractivity contribution in [2.45, 2.75) is 18.6 Å². The number of halogens is 2. The van der Waals surface area contributed by atoms with Crippen LogP contribution in [0.25, 0.3) is 0 Å². The molecule has 0 radical (unpaired) electrons. The van der Waals surface area contributed by atoms with Crippen molar-refractivity contribution in [3.05, 3.63) is 35.6 Å². The van der Waals surface area contributed by atoms with Gasteiger partial charge in [-0.1, -0.05) is 18.2 Å². The van der Waals surface area contributed by atoms with Gasteiger partial charge in [-0.2, -0.15) is 11.8 Å². The molecule has 1 amide bonds. The number of rotatable bonds is 5. The molecule has 2 rings (SSSR count). The van der Waals surface area contributed by atoms with Crippen LogP contribution in [0.1, 0.15) is 18.1 Å². The average molecular weight is 349 g/mol. The predicted molar refractivity (Wildman–Crippen MR) is 89.9 cm³/mol. The Morgan fingerprint density at radius 1 is 1.55 bits per heavy atom. The molecule has 0 aromatic heterocycles. The number of amides is 1. The molecule has 1 aliphatic heterocycles. The van der Waals surface area contributed by atoms with Crippen molar-refractivity contribution >= 4 is 30.1 Å². The summed E-state index contributed by atoms with van der Waals surface area (Å²) < 4.78 is 19.4. The summed E-state index contributed by atoms with van der Waals surface area (Å²) in [5.74, 6) is 0.478. The number of hydrogen-bond acceptors (Lipinski definition) is 4. The molecule has 0 aliphatic carbocycles. The molecule has 4 nitrogen and oxygen atoms in total. The quantitative estimate of drug-likeness (QED) is 0.886. The first-order chi connectivity index (χ1) is 10.1. The Kier molecular flexibility index (Phi) is 8.17. The van der Waals surface area contributed by atoms with E-state index in [4.69, 9.17) is 10.5 Å². The molecule has 1 aromatic carbocycles. The van der Waals surface area contributed by atoms with Crippen LogP contribution in [-0.2, 0) is 9.53 Å². The third kappa shape index (κ3) is 4.84. The first kappa shape index (κ1) is 19.2. The van der Waals surface area contributed by atoms with Gasteiger partial charge in [-0.05, 0) is 24.5 Å². The summed E-state index contributed by atoms with van der Waals surface area (Å²) in [4.78, 5) is 14.0. The van der Waals surface area contributed by atoms with Gasteiger partial charge in [0.1, 0.15) is 11.9 Å². The number of morpholine rings is 1. The maximum Gasteiger partial charge on any atom is 0.239 e. The van der Waals surface area contributed by atoms with Crippen LogP contribution >= 0.6 is 24.2 Å². The van der Waals surface area contributed by atoms with Crippen LogP contribution in [0.2, 0.25) is 0 Å². The van der Waals surface area contributed by atoms with Crippen molar-refractivity contribution < 1.29 is 13.9 Å². The first-order valence-electron chi connectivity index (χ1n) is 7.02. The molecule has 124 valence electrons. The van der Waals surface area contributed by atoms with Gasteiger partial charge in [0.2, 0.25) is 5.91 Å². The third-order valence-corrected chi connectivity index (χ3v) is 4.22. The lowest BCUT2D eigenvalue weighted by Crippen LogP contribution is -2.49. The molecule has 1 heterocycles. The second kappa shape index (κ2) is 9.35. The third-order valence-electron chi connectivity index (χ3n) is 3.58. The van der Waals surface area contributed by atoms with Gasteiger partial charge in [-0.3, -0.25) is 4.79 Å². The maximum absolute atomic E-state index is 13.8. The Bertz CT molecular complexity index is 492. The zero-order valence-electron chi connectivity index (χ0n) is 12.5. The number of nitrogens with two attached hydrogens (primary N) is 1. The van der Waals surface area contributed by atoms with Gasteiger partial charge in [0.05, 0.1) is 19.2 Å². The Morgan fingerprint density at radius 2 is 2.27 bits per heavy atom. The molecule has 1 aromatic rings. The monoisotopic (exact) mass is 348 g/mol. The van der Waals surface area contributed by atoms with Crippen LogP contribution in [0.5, 0.6) is 0 Å². The second-order valence-corrected chi connectivity index (χ2v) is 6.04. The molecule has 1 saturated heterocycles. The molecule has 2 atom stereocenters. The molecule has 0 spiro atoms. The van der Waals surface area contributed by atoms with Gasteiger partial charge in [-0.25, -0.2) is 4.39 Å². The van der Waals surface area contributed by atoms with E-state index in [1.54, 1.807) is 34.9 Å². The molecule has 1 fully saturated rings. The fourth-order valence-corrected chi connectivity index (χ4v) is 2.87. The molecule has 2 N–H and O–H groups in total. The molecule has 7 heteroatoms. The fraction of sp³-hybridized carbons (Fsp3) is 0.533. The van der Waals surface area contributed by atoms with Crippen LogP contribution in [0.3, 0.4) is 0 Å². The summed E-state index contributed by atoms with van der Waals surface area (Å²) >= 11 is 1.67. The molecule has 22 heavy (non-hydrogen) atoms. The summed E-state index contributed by atoms with van der Waals surface area (Å²) in [6, 6.07) is 6.03. The number of carbonyl (C=O) groups excluding carboxylic acids is 1. The number of thioether (sulfide) groups is 1. The topological polar surface area (TPSA) is 55.6 Å². The summed E-state index contributed by atoms with van der Waals surface area (Å²) in [6.07, 6.45) is 2.22. The van der Waals surface area contributed by atoms with Gasteiger partial charge in [-0.15, -0.1) is 12.4 Å². The lowest BCUT2D eigenvalue weighted by molar-refractivity contribution is -0.140. The predicted octanol–water partition coefficient (Wildman–Crippen LogP) is 2.23. The van der Waals surface area contributed by atoms with Gasteiger partial charge in [0.15, 0.2) is 0 Å². The highest BCUT2D eigenvalue weighted by Crippen LogP contribution is 2.24. The zero-order valence-corrected chi connectivity index (χ0v) is 14.2. The smallest absolute Gasteiger partial charge is 0.239 e. The maximum atomic E-state index is 13.8. The zero-order chi connectivity index (χ0) is 15.2. The Morgan fingerprint density at radius 3 is 2.95 bits per heavy atom. The number of hydrogen-bond donors (Lipinski definition) is 1. The van der Waals surface area contributed by atoms with Crippen LogP contribution < -0.4 is 5.73 Å². The SMILES string of the molecule is CSCC[C@H](N)C(=O)N1CCOC(c2ccccc2F)C1.Cl. The van der Waals surface area contributed by atoms with Crippen molar-refractivity contribution in [3.63, 3.8) is 0 Å². The van der Waals surface area contributed by atoms with E-state index in [1.165, 1.54) is 6.07 Å². The van der Waals surface area contributed by atoms with Gasteiger partial charge in [0.25, 0.3) is 0 Å². The number of ether oxygens (including phenoxy) is 1. The van der Waals surface area contributed by atoms with E-state index >= 15 is 0 Å². The lowest BCUT2D eigenvalue weighted by atomic mass is 10.1. The van der Waals surface area contributed by atoms with E-state index in [9.17, 15) is 9.18 Å². The van der Waals surface area contributed by atoms with Gasteiger partial charge in [0, 0.05) is 12.1 Å². The fourth-order valence-electron chi connectivity index (χ4n) is 2.38. The van der Waals surface area contributed by atoms with Crippen molar-refractivity contribution in [2.24, 2.45) is 5.73 Å². The molecule has 1 unspecified atom stereocenters. The highest BCUT2D eigenvalue weighted by atomic mass is 35.5. The molecular formula is C15H22ClFN2O2S.